The van der Waals surface area contributed by atoms with E-state index in [0.29, 0.717) is 17.1 Å². The van der Waals surface area contributed by atoms with Gasteiger partial charge >= 0.3 is 0 Å². The summed E-state index contributed by atoms with van der Waals surface area (Å²) in [5, 5.41) is 12.0. The second kappa shape index (κ2) is 10.2. The third-order valence-electron chi connectivity index (χ3n) is 5.10. The van der Waals surface area contributed by atoms with Crippen LogP contribution in [0.5, 0.6) is 5.75 Å². The summed E-state index contributed by atoms with van der Waals surface area (Å²) in [4.78, 5) is 41.4. The molecule has 0 saturated carbocycles. The summed E-state index contributed by atoms with van der Waals surface area (Å²) in [5.74, 6) is 0.370. The zero-order valence-corrected chi connectivity index (χ0v) is 18.8. The van der Waals surface area contributed by atoms with Gasteiger partial charge in [-0.15, -0.1) is 0 Å². The van der Waals surface area contributed by atoms with Gasteiger partial charge in [0.1, 0.15) is 11.8 Å². The van der Waals surface area contributed by atoms with Gasteiger partial charge in [-0.25, -0.2) is 0 Å². The van der Waals surface area contributed by atoms with Gasteiger partial charge in [0.25, 0.3) is 5.91 Å². The Labute approximate surface area is 196 Å². The van der Waals surface area contributed by atoms with E-state index in [1.165, 1.54) is 0 Å². The molecule has 3 amide bonds. The molecule has 0 spiro atoms. The molecule has 0 fully saturated rings. The van der Waals surface area contributed by atoms with Crippen LogP contribution in [0.1, 0.15) is 42.9 Å². The second-order valence-electron chi connectivity index (χ2n) is 8.08. The Morgan fingerprint density at radius 2 is 1.91 bits per heavy atom. The van der Waals surface area contributed by atoms with Crippen LogP contribution in [0.2, 0.25) is 0 Å². The van der Waals surface area contributed by atoms with Crippen LogP contribution < -0.4 is 20.7 Å². The van der Waals surface area contributed by atoms with Gasteiger partial charge in [-0.3, -0.25) is 14.4 Å². The number of hydrogen-bond acceptors (Lipinski definition) is 7. The van der Waals surface area contributed by atoms with E-state index in [4.69, 9.17) is 9.26 Å². The molecule has 1 aliphatic heterocycles. The smallest absolute Gasteiger partial charge is 0.254 e. The van der Waals surface area contributed by atoms with Crippen LogP contribution in [-0.4, -0.2) is 40.0 Å². The molecule has 34 heavy (non-hydrogen) atoms. The van der Waals surface area contributed by atoms with Crippen molar-refractivity contribution in [2.45, 2.75) is 45.4 Å². The van der Waals surface area contributed by atoms with E-state index in [0.717, 1.165) is 11.3 Å². The van der Waals surface area contributed by atoms with Crippen molar-refractivity contribution in [3.8, 4) is 17.1 Å². The maximum absolute atomic E-state index is 12.4. The minimum atomic E-state index is -0.816. The number of aromatic nitrogens is 2. The number of carbonyl (C=O) groups excluding carboxylic acids is 3. The van der Waals surface area contributed by atoms with Crippen molar-refractivity contribution in [2.24, 2.45) is 0 Å². The molecule has 176 valence electrons. The van der Waals surface area contributed by atoms with E-state index in [1.54, 1.807) is 24.3 Å². The maximum atomic E-state index is 12.4. The molecule has 0 saturated heterocycles. The predicted molar refractivity (Wildman–Crippen MR) is 123 cm³/mol. The van der Waals surface area contributed by atoms with Crippen molar-refractivity contribution in [1.29, 1.82) is 0 Å². The summed E-state index contributed by atoms with van der Waals surface area (Å²) in [5.41, 5.74) is 1.59. The molecule has 1 aliphatic rings. The third kappa shape index (κ3) is 5.58. The first-order chi connectivity index (χ1) is 16.4. The number of benzene rings is 2. The third-order valence-corrected chi connectivity index (χ3v) is 5.10. The quantitative estimate of drug-likeness (QED) is 0.467. The average molecular weight is 463 g/mol. The van der Waals surface area contributed by atoms with Crippen LogP contribution in [0.25, 0.3) is 11.4 Å². The fraction of sp³-hybridized carbons (Fsp3) is 0.292. The van der Waals surface area contributed by atoms with E-state index in [1.807, 2.05) is 38.1 Å². The molecule has 2 aromatic carbocycles. The lowest BCUT2D eigenvalue weighted by molar-refractivity contribution is -0.122. The summed E-state index contributed by atoms with van der Waals surface area (Å²) in [6.07, 6.45) is 0.264. The Kier molecular flexibility index (Phi) is 6.86. The summed E-state index contributed by atoms with van der Waals surface area (Å²) < 4.78 is 10.8. The summed E-state index contributed by atoms with van der Waals surface area (Å²) in [6.45, 7) is 3.96. The Balaban J connectivity index is 1.27. The Bertz CT molecular complexity index is 1190. The number of carbonyl (C=O) groups is 3. The highest BCUT2D eigenvalue weighted by molar-refractivity contribution is 6.09. The number of rotatable bonds is 8. The van der Waals surface area contributed by atoms with Crippen molar-refractivity contribution in [3.63, 3.8) is 0 Å². The highest BCUT2D eigenvalue weighted by atomic mass is 16.5. The lowest BCUT2D eigenvalue weighted by Gasteiger charge is -2.14. The Morgan fingerprint density at radius 1 is 1.15 bits per heavy atom. The van der Waals surface area contributed by atoms with Crippen LogP contribution in [0, 0.1) is 0 Å². The second-order valence-corrected chi connectivity index (χ2v) is 8.08. The van der Waals surface area contributed by atoms with Gasteiger partial charge in [0.15, 0.2) is 0 Å². The molecule has 10 nitrogen and oxygen atoms in total. The SMILES string of the molecule is CC(C)Oc1ccc(-c2noc(CNC(=O)CC[C@@H]3NC(=O)c4ccccc4NC3=O)n2)cc1. The fourth-order valence-electron chi connectivity index (χ4n) is 3.45. The standard InChI is InChI=1S/C24H25N5O5/c1-14(2)33-16-9-7-15(8-10-16)22-28-21(34-29-22)13-25-20(30)12-11-19-24(32)26-18-6-4-3-5-17(18)23(31)27-19/h3-10,14,19H,11-13H2,1-2H3,(H,25,30)(H,26,32)(H,27,31)/t19-/m0/s1. The molecule has 0 aliphatic carbocycles. The molecule has 10 heteroatoms. The molecule has 1 aromatic heterocycles. The topological polar surface area (TPSA) is 135 Å². The van der Waals surface area contributed by atoms with Crippen molar-refractivity contribution >= 4 is 23.4 Å². The van der Waals surface area contributed by atoms with Gasteiger partial charge in [-0.2, -0.15) is 4.98 Å². The number of amides is 3. The van der Waals surface area contributed by atoms with Crippen LogP contribution in [0.3, 0.4) is 0 Å². The van der Waals surface area contributed by atoms with Crippen LogP contribution in [0.4, 0.5) is 5.69 Å². The molecule has 0 unspecified atom stereocenters. The molecule has 0 radical (unpaired) electrons. The number of anilines is 1. The highest BCUT2D eigenvalue weighted by Crippen LogP contribution is 2.21. The Hall–Kier alpha value is -4.21. The molecular formula is C24H25N5O5. The number of ether oxygens (including phenoxy) is 1. The summed E-state index contributed by atoms with van der Waals surface area (Å²) in [7, 11) is 0. The van der Waals surface area contributed by atoms with E-state index < -0.39 is 6.04 Å². The average Bonchev–Trinajstić information content (AvgIpc) is 3.25. The molecule has 2 heterocycles. The van der Waals surface area contributed by atoms with Gasteiger partial charge in [0.05, 0.1) is 23.9 Å². The van der Waals surface area contributed by atoms with Crippen LogP contribution in [-0.2, 0) is 16.1 Å². The molecular weight excluding hydrogens is 438 g/mol. The van der Waals surface area contributed by atoms with Crippen molar-refractivity contribution in [1.82, 2.24) is 20.8 Å². The first-order valence-electron chi connectivity index (χ1n) is 11.0. The van der Waals surface area contributed by atoms with E-state index in [2.05, 4.69) is 26.1 Å². The Morgan fingerprint density at radius 3 is 2.68 bits per heavy atom. The molecule has 0 bridgehead atoms. The van der Waals surface area contributed by atoms with Gasteiger partial charge in [0, 0.05) is 12.0 Å². The molecule has 3 aromatic rings. The van der Waals surface area contributed by atoms with Gasteiger partial charge in [0.2, 0.25) is 23.5 Å². The zero-order chi connectivity index (χ0) is 24.1. The van der Waals surface area contributed by atoms with Crippen molar-refractivity contribution in [3.05, 3.63) is 60.0 Å². The molecule has 4 rings (SSSR count). The maximum Gasteiger partial charge on any atom is 0.254 e. The van der Waals surface area contributed by atoms with Crippen LogP contribution >= 0.6 is 0 Å². The van der Waals surface area contributed by atoms with E-state index in [9.17, 15) is 14.4 Å². The van der Waals surface area contributed by atoms with Crippen molar-refractivity contribution < 1.29 is 23.6 Å². The van der Waals surface area contributed by atoms with Gasteiger partial charge in [-0.1, -0.05) is 17.3 Å². The lowest BCUT2D eigenvalue weighted by Crippen LogP contribution is -2.42. The predicted octanol–water partition coefficient (Wildman–Crippen LogP) is 2.67. The molecule has 3 N–H and O–H groups in total. The first kappa shape index (κ1) is 23.0. The van der Waals surface area contributed by atoms with E-state index in [-0.39, 0.29) is 49.1 Å². The minimum Gasteiger partial charge on any atom is -0.491 e. The number of hydrogen-bond donors (Lipinski definition) is 3. The van der Waals surface area contributed by atoms with E-state index >= 15 is 0 Å². The minimum absolute atomic E-state index is 0.0347. The molecule has 1 atom stereocenters. The normalized spacial score (nSPS) is 15.2. The highest BCUT2D eigenvalue weighted by Gasteiger charge is 2.27. The monoisotopic (exact) mass is 463 g/mol. The number of nitrogens with zero attached hydrogens (tertiary/aromatic N) is 2. The van der Waals surface area contributed by atoms with Gasteiger partial charge in [-0.05, 0) is 56.7 Å². The largest absolute Gasteiger partial charge is 0.491 e. The number of fused-ring (bicyclic) bond motifs is 1. The fourth-order valence-corrected chi connectivity index (χ4v) is 3.45. The summed E-state index contributed by atoms with van der Waals surface area (Å²) in [6, 6.07) is 13.2. The van der Waals surface area contributed by atoms with Gasteiger partial charge < -0.3 is 25.2 Å². The number of nitrogens with one attached hydrogen (secondary N) is 3. The van der Waals surface area contributed by atoms with Crippen LogP contribution in [0.15, 0.2) is 53.1 Å². The lowest BCUT2D eigenvalue weighted by atomic mass is 10.1. The summed E-state index contributed by atoms with van der Waals surface area (Å²) >= 11 is 0. The first-order valence-corrected chi connectivity index (χ1v) is 11.0. The number of para-hydroxylation sites is 1. The van der Waals surface area contributed by atoms with Crippen molar-refractivity contribution in [2.75, 3.05) is 5.32 Å². The zero-order valence-electron chi connectivity index (χ0n) is 18.8.